The minimum atomic E-state index is -0.634. The number of anilines is 6. The van der Waals surface area contributed by atoms with E-state index in [4.69, 9.17) is 0 Å². The van der Waals surface area contributed by atoms with Crippen molar-refractivity contribution in [2.75, 3.05) is 9.80 Å². The molecule has 2 spiro atoms. The van der Waals surface area contributed by atoms with Crippen molar-refractivity contribution in [2.45, 2.75) is 24.7 Å². The summed E-state index contributed by atoms with van der Waals surface area (Å²) in [4.78, 5) is 14.0. The van der Waals surface area contributed by atoms with Crippen molar-refractivity contribution in [1.29, 1.82) is 0 Å². The minimum absolute atomic E-state index is 0.622. The maximum Gasteiger partial charge on any atom is 0.159 e. The van der Waals surface area contributed by atoms with Crippen LogP contribution in [0.2, 0.25) is 0 Å². The van der Waals surface area contributed by atoms with E-state index < -0.39 is 10.8 Å². The molecule has 2 aliphatic heterocycles. The fourth-order valence-electron chi connectivity index (χ4n) is 10.9. The molecule has 284 valence electrons. The quantitative estimate of drug-likeness (QED) is 0.179. The molecule has 60 heavy (non-hydrogen) atoms. The lowest BCUT2D eigenvalue weighted by atomic mass is 9.49. The molecule has 8 aromatic carbocycles. The Morgan fingerprint density at radius 1 is 0.333 bits per heavy atom. The van der Waals surface area contributed by atoms with Gasteiger partial charge in [-0.05, 0) is 125 Å². The number of rotatable bonds is 3. The number of benzene rings is 8. The zero-order chi connectivity index (χ0) is 40.0. The van der Waals surface area contributed by atoms with Crippen LogP contribution >= 0.6 is 0 Å². The van der Waals surface area contributed by atoms with Gasteiger partial charge in [-0.3, -0.25) is 0 Å². The van der Waals surface area contributed by atoms with Crippen molar-refractivity contribution in [2.24, 2.45) is 0 Å². The lowest BCUT2D eigenvalue weighted by Gasteiger charge is -2.56. The van der Waals surface area contributed by atoms with Gasteiger partial charge < -0.3 is 9.80 Å². The van der Waals surface area contributed by atoms with E-state index in [2.05, 4.69) is 222 Å². The highest BCUT2D eigenvalue weighted by Crippen LogP contribution is 2.68. The second-order valence-electron chi connectivity index (χ2n) is 16.3. The monoisotopic (exact) mass is 768 g/mol. The molecule has 3 heterocycles. The largest absolute Gasteiger partial charge is 0.310 e. The molecule has 0 fully saturated rings. The molecule has 4 heteroatoms. The average molecular weight is 769 g/mol. The van der Waals surface area contributed by atoms with Crippen LogP contribution in [-0.4, -0.2) is 9.97 Å². The summed E-state index contributed by atoms with van der Waals surface area (Å²) in [7, 11) is 0. The van der Waals surface area contributed by atoms with Crippen LogP contribution in [0.25, 0.3) is 11.4 Å². The van der Waals surface area contributed by atoms with Crippen molar-refractivity contribution in [3.05, 3.63) is 262 Å². The zero-order valence-electron chi connectivity index (χ0n) is 33.4. The van der Waals surface area contributed by atoms with Crippen molar-refractivity contribution >= 4 is 34.1 Å². The molecule has 0 bridgehead atoms. The first kappa shape index (κ1) is 34.5. The SMILES string of the molecule is Cc1ccc2c(c1)C1(c3cc(C)ccc3N2c2ccccc2)c2ccccc2C2(c3ccccc3N(c3ccc(-c4ncccn4)cc3)c3ccccc32)c2ccccc21. The number of para-hydroxylation sites is 3. The molecule has 0 radical (unpaired) electrons. The van der Waals surface area contributed by atoms with Gasteiger partial charge in [0.25, 0.3) is 0 Å². The molecule has 1 aliphatic carbocycles. The van der Waals surface area contributed by atoms with E-state index in [-0.39, 0.29) is 0 Å². The normalized spacial score (nSPS) is 14.7. The molecule has 0 saturated carbocycles. The van der Waals surface area contributed by atoms with Gasteiger partial charge in [0.2, 0.25) is 0 Å². The number of fused-ring (bicyclic) bond motifs is 14. The molecule has 0 amide bonds. The van der Waals surface area contributed by atoms with Gasteiger partial charge in [0.1, 0.15) is 0 Å². The first-order chi connectivity index (χ1) is 29.6. The van der Waals surface area contributed by atoms with E-state index in [0.717, 1.165) is 34.1 Å². The fraction of sp³-hybridized carbons (Fsp3) is 0.0714. The third-order valence-corrected chi connectivity index (χ3v) is 13.1. The standard InChI is InChI=1S/C56H40N4/c1-37-25-31-52-48(35-37)56(49-36-38(2)26-32-53(49)59(52)40-15-4-3-5-16-40)44-19-8-6-17-42(44)55(43-18-7-9-20-45(43)56)46-21-10-12-23-50(46)60(51-24-13-11-22-47(51)55)41-29-27-39(28-30-41)54-57-33-14-34-58-54/h3-36H,1-2H3. The van der Waals surface area contributed by atoms with Gasteiger partial charge in [0, 0.05) is 29.3 Å². The number of nitrogens with zero attached hydrogens (tertiary/aromatic N) is 4. The molecule has 0 unspecified atom stereocenters. The molecule has 12 rings (SSSR count). The van der Waals surface area contributed by atoms with Gasteiger partial charge in [-0.2, -0.15) is 0 Å². The Morgan fingerprint density at radius 3 is 1.20 bits per heavy atom. The fourth-order valence-corrected chi connectivity index (χ4v) is 10.9. The third kappa shape index (κ3) is 4.56. The van der Waals surface area contributed by atoms with Crippen LogP contribution in [0.15, 0.2) is 207 Å². The van der Waals surface area contributed by atoms with E-state index >= 15 is 0 Å². The third-order valence-electron chi connectivity index (χ3n) is 13.1. The summed E-state index contributed by atoms with van der Waals surface area (Å²) >= 11 is 0. The van der Waals surface area contributed by atoms with Gasteiger partial charge >= 0.3 is 0 Å². The highest BCUT2D eigenvalue weighted by atomic mass is 15.2. The van der Waals surface area contributed by atoms with E-state index in [1.807, 2.05) is 6.07 Å². The second kappa shape index (κ2) is 13.0. The Balaban J connectivity index is 1.18. The molecule has 3 aliphatic rings. The molecule has 1 aromatic heterocycles. The van der Waals surface area contributed by atoms with Crippen LogP contribution in [0.1, 0.15) is 55.6 Å². The summed E-state index contributed by atoms with van der Waals surface area (Å²) in [5.41, 5.74) is 19.5. The number of hydrogen-bond acceptors (Lipinski definition) is 4. The number of hydrogen-bond donors (Lipinski definition) is 0. The predicted molar refractivity (Wildman–Crippen MR) is 244 cm³/mol. The summed E-state index contributed by atoms with van der Waals surface area (Å²) < 4.78 is 0. The highest BCUT2D eigenvalue weighted by Gasteiger charge is 2.59. The first-order valence-corrected chi connectivity index (χ1v) is 20.7. The van der Waals surface area contributed by atoms with E-state index in [1.54, 1.807) is 12.4 Å². The predicted octanol–water partition coefficient (Wildman–Crippen LogP) is 13.4. The topological polar surface area (TPSA) is 32.3 Å². The van der Waals surface area contributed by atoms with Gasteiger partial charge in [0.15, 0.2) is 5.82 Å². The Hall–Kier alpha value is -7.56. The highest BCUT2D eigenvalue weighted by molar-refractivity contribution is 5.95. The summed E-state index contributed by atoms with van der Waals surface area (Å²) in [6.07, 6.45) is 3.59. The van der Waals surface area contributed by atoms with Gasteiger partial charge in [-0.15, -0.1) is 0 Å². The van der Waals surface area contributed by atoms with Gasteiger partial charge in [0.05, 0.1) is 33.6 Å². The van der Waals surface area contributed by atoms with Crippen LogP contribution in [0.5, 0.6) is 0 Å². The Labute approximate surface area is 350 Å². The smallest absolute Gasteiger partial charge is 0.159 e. The Bertz CT molecular complexity index is 2980. The minimum Gasteiger partial charge on any atom is -0.310 e. The lowest BCUT2D eigenvalue weighted by Crippen LogP contribution is -2.49. The Morgan fingerprint density at radius 2 is 0.717 bits per heavy atom. The average Bonchev–Trinajstić information content (AvgIpc) is 3.31. The molecule has 0 N–H and O–H groups in total. The molecule has 4 nitrogen and oxygen atoms in total. The van der Waals surface area contributed by atoms with Crippen molar-refractivity contribution in [1.82, 2.24) is 9.97 Å². The molecule has 9 aromatic rings. The maximum absolute atomic E-state index is 4.53. The van der Waals surface area contributed by atoms with E-state index in [1.165, 1.54) is 67.0 Å². The summed E-state index contributed by atoms with van der Waals surface area (Å²) in [6, 6.07) is 72.3. The summed E-state index contributed by atoms with van der Waals surface area (Å²) in [5.74, 6) is 0.718. The van der Waals surface area contributed by atoms with Crippen LogP contribution in [0.3, 0.4) is 0 Å². The molecule has 0 atom stereocenters. The molecular weight excluding hydrogens is 729 g/mol. The zero-order valence-corrected chi connectivity index (χ0v) is 33.4. The summed E-state index contributed by atoms with van der Waals surface area (Å²) in [6.45, 7) is 4.46. The van der Waals surface area contributed by atoms with Crippen molar-refractivity contribution in [3.63, 3.8) is 0 Å². The first-order valence-electron chi connectivity index (χ1n) is 20.7. The van der Waals surface area contributed by atoms with E-state index in [0.29, 0.717) is 0 Å². The Kier molecular flexibility index (Phi) is 7.45. The van der Waals surface area contributed by atoms with Crippen LogP contribution < -0.4 is 9.80 Å². The summed E-state index contributed by atoms with van der Waals surface area (Å²) in [5, 5.41) is 0. The number of aryl methyl sites for hydroxylation is 2. The van der Waals surface area contributed by atoms with Crippen molar-refractivity contribution in [3.8, 4) is 11.4 Å². The second-order valence-corrected chi connectivity index (χ2v) is 16.3. The van der Waals surface area contributed by atoms with Gasteiger partial charge in [-0.1, -0.05) is 139 Å². The van der Waals surface area contributed by atoms with Crippen molar-refractivity contribution < 1.29 is 0 Å². The molecule has 0 saturated heterocycles. The molecular formula is C56H40N4. The van der Waals surface area contributed by atoms with E-state index in [9.17, 15) is 0 Å². The van der Waals surface area contributed by atoms with Crippen LogP contribution in [0.4, 0.5) is 34.1 Å². The van der Waals surface area contributed by atoms with Crippen LogP contribution in [-0.2, 0) is 10.8 Å². The number of aromatic nitrogens is 2. The van der Waals surface area contributed by atoms with Crippen LogP contribution in [0, 0.1) is 13.8 Å². The lowest BCUT2D eigenvalue weighted by molar-refractivity contribution is 0.607. The maximum atomic E-state index is 4.53. The van der Waals surface area contributed by atoms with Gasteiger partial charge in [-0.25, -0.2) is 9.97 Å².